The van der Waals surface area contributed by atoms with E-state index < -0.39 is 17.3 Å². The van der Waals surface area contributed by atoms with Crippen molar-refractivity contribution in [3.8, 4) is 0 Å². The van der Waals surface area contributed by atoms with E-state index in [-0.39, 0.29) is 24.6 Å². The van der Waals surface area contributed by atoms with Crippen LogP contribution >= 0.6 is 0 Å². The van der Waals surface area contributed by atoms with Gasteiger partial charge in [0.15, 0.2) is 0 Å². The van der Waals surface area contributed by atoms with Crippen LogP contribution in [0, 0.1) is 5.41 Å². The number of nitrogens with one attached hydrogen (secondary N) is 2. The lowest BCUT2D eigenvalue weighted by Gasteiger charge is -2.17. The molecular weight excluding hydrogens is 300 g/mol. The standard InChI is InChI=1S/C16H22N2O5/c1-16(2,3)15(22)17-8-13(19)18-12-6-10(9-23-4)5-11(7-12)14(20)21/h5-7H,8-9H2,1-4H3,(H,17,22)(H,18,19)(H,20,21). The molecule has 1 aromatic carbocycles. The molecule has 7 nitrogen and oxygen atoms in total. The number of anilines is 1. The molecular formula is C16H22N2O5. The number of carbonyl (C=O) groups is 3. The summed E-state index contributed by atoms with van der Waals surface area (Å²) < 4.78 is 4.98. The summed E-state index contributed by atoms with van der Waals surface area (Å²) in [5.41, 5.74) is 0.428. The van der Waals surface area contributed by atoms with Crippen molar-refractivity contribution in [1.82, 2.24) is 5.32 Å². The quantitative estimate of drug-likeness (QED) is 0.738. The van der Waals surface area contributed by atoms with Gasteiger partial charge in [-0.2, -0.15) is 0 Å². The van der Waals surface area contributed by atoms with Gasteiger partial charge in [0, 0.05) is 18.2 Å². The minimum Gasteiger partial charge on any atom is -0.478 e. The molecule has 0 aromatic heterocycles. The maximum Gasteiger partial charge on any atom is 0.335 e. The van der Waals surface area contributed by atoms with Gasteiger partial charge in [0.05, 0.1) is 18.7 Å². The molecule has 0 aliphatic rings. The van der Waals surface area contributed by atoms with Crippen LogP contribution in [0.4, 0.5) is 5.69 Å². The summed E-state index contributed by atoms with van der Waals surface area (Å²) in [6.07, 6.45) is 0. The number of aromatic carboxylic acids is 1. The Kier molecular flexibility index (Phi) is 6.27. The third-order valence-electron chi connectivity index (χ3n) is 2.93. The Balaban J connectivity index is 2.77. The molecule has 0 fully saturated rings. The third-order valence-corrected chi connectivity index (χ3v) is 2.93. The molecule has 0 heterocycles. The van der Waals surface area contributed by atoms with Crippen LogP contribution in [0.25, 0.3) is 0 Å². The summed E-state index contributed by atoms with van der Waals surface area (Å²) in [6.45, 7) is 5.27. The summed E-state index contributed by atoms with van der Waals surface area (Å²) in [5, 5.41) is 14.2. The Morgan fingerprint density at radius 3 is 2.35 bits per heavy atom. The lowest BCUT2D eigenvalue weighted by molar-refractivity contribution is -0.130. The van der Waals surface area contributed by atoms with E-state index in [2.05, 4.69) is 10.6 Å². The second-order valence-electron chi connectivity index (χ2n) is 6.14. The SMILES string of the molecule is COCc1cc(NC(=O)CNC(=O)C(C)(C)C)cc(C(=O)O)c1. The molecule has 0 radical (unpaired) electrons. The number of carboxylic acids is 1. The van der Waals surface area contributed by atoms with Gasteiger partial charge in [-0.3, -0.25) is 9.59 Å². The molecule has 0 bridgehead atoms. The molecule has 0 atom stereocenters. The monoisotopic (exact) mass is 322 g/mol. The van der Waals surface area contributed by atoms with Gasteiger partial charge in [0.2, 0.25) is 11.8 Å². The van der Waals surface area contributed by atoms with Gasteiger partial charge in [-0.25, -0.2) is 4.79 Å². The average molecular weight is 322 g/mol. The molecule has 0 aliphatic carbocycles. The summed E-state index contributed by atoms with van der Waals surface area (Å²) in [5.74, 6) is -1.78. The molecule has 0 spiro atoms. The first-order valence-corrected chi connectivity index (χ1v) is 7.08. The van der Waals surface area contributed by atoms with Crippen LogP contribution in [0.1, 0.15) is 36.7 Å². The molecule has 0 saturated heterocycles. The van der Waals surface area contributed by atoms with E-state index in [1.54, 1.807) is 26.8 Å². The predicted octanol–water partition coefficient (Wildman–Crippen LogP) is 1.63. The molecule has 1 rings (SSSR count). The van der Waals surface area contributed by atoms with E-state index >= 15 is 0 Å². The lowest BCUT2D eigenvalue weighted by Crippen LogP contribution is -2.39. The molecule has 0 unspecified atom stereocenters. The number of ether oxygens (including phenoxy) is 1. The van der Waals surface area contributed by atoms with Gasteiger partial charge < -0.3 is 20.5 Å². The van der Waals surface area contributed by atoms with Crippen molar-refractivity contribution in [2.24, 2.45) is 5.41 Å². The van der Waals surface area contributed by atoms with Crippen LogP contribution in [0.3, 0.4) is 0 Å². The molecule has 7 heteroatoms. The average Bonchev–Trinajstić information content (AvgIpc) is 2.43. The first-order chi connectivity index (χ1) is 10.6. The predicted molar refractivity (Wildman–Crippen MR) is 85.2 cm³/mol. The van der Waals surface area contributed by atoms with E-state index in [0.717, 1.165) is 0 Å². The topological polar surface area (TPSA) is 105 Å². The highest BCUT2D eigenvalue weighted by Crippen LogP contribution is 2.16. The highest BCUT2D eigenvalue weighted by Gasteiger charge is 2.21. The number of hydrogen-bond acceptors (Lipinski definition) is 4. The zero-order valence-electron chi connectivity index (χ0n) is 13.7. The molecule has 2 amide bonds. The number of rotatable bonds is 6. The first-order valence-electron chi connectivity index (χ1n) is 7.08. The first kappa shape index (κ1) is 18.6. The second-order valence-corrected chi connectivity index (χ2v) is 6.14. The molecule has 126 valence electrons. The minimum atomic E-state index is -1.10. The number of amides is 2. The summed E-state index contributed by atoms with van der Waals surface area (Å²) >= 11 is 0. The lowest BCUT2D eigenvalue weighted by atomic mass is 9.96. The third kappa shape index (κ3) is 6.07. The summed E-state index contributed by atoms with van der Waals surface area (Å²) in [4.78, 5) is 34.7. The number of methoxy groups -OCH3 is 1. The van der Waals surface area contributed by atoms with Crippen molar-refractivity contribution in [1.29, 1.82) is 0 Å². The molecule has 1 aromatic rings. The van der Waals surface area contributed by atoms with E-state index in [9.17, 15) is 14.4 Å². The Bertz CT molecular complexity index is 605. The van der Waals surface area contributed by atoms with E-state index in [1.165, 1.54) is 19.2 Å². The van der Waals surface area contributed by atoms with Crippen LogP contribution in [0.15, 0.2) is 18.2 Å². The number of hydrogen-bond donors (Lipinski definition) is 3. The van der Waals surface area contributed by atoms with Crippen LogP contribution in [0.2, 0.25) is 0 Å². The summed E-state index contributed by atoms with van der Waals surface area (Å²) in [6, 6.07) is 4.45. The Hall–Kier alpha value is -2.41. The van der Waals surface area contributed by atoms with E-state index in [1.807, 2.05) is 0 Å². The fourth-order valence-electron chi connectivity index (χ4n) is 1.77. The Morgan fingerprint density at radius 1 is 1.17 bits per heavy atom. The van der Waals surface area contributed by atoms with Gasteiger partial charge in [-0.05, 0) is 23.8 Å². The van der Waals surface area contributed by atoms with Crippen molar-refractivity contribution in [2.45, 2.75) is 27.4 Å². The fraction of sp³-hybridized carbons (Fsp3) is 0.438. The molecule has 0 saturated carbocycles. The molecule has 23 heavy (non-hydrogen) atoms. The van der Waals surface area contributed by atoms with E-state index in [4.69, 9.17) is 9.84 Å². The maximum absolute atomic E-state index is 11.9. The van der Waals surface area contributed by atoms with Crippen LogP contribution in [0.5, 0.6) is 0 Å². The van der Waals surface area contributed by atoms with Gasteiger partial charge in [-0.1, -0.05) is 20.8 Å². The number of carboxylic acid groups (broad SMARTS) is 1. The fourth-order valence-corrected chi connectivity index (χ4v) is 1.77. The minimum absolute atomic E-state index is 0.0496. The van der Waals surface area contributed by atoms with Crippen molar-refractivity contribution in [2.75, 3.05) is 19.0 Å². The van der Waals surface area contributed by atoms with E-state index in [0.29, 0.717) is 11.3 Å². The van der Waals surface area contributed by atoms with Crippen molar-refractivity contribution >= 4 is 23.5 Å². The summed E-state index contributed by atoms with van der Waals surface area (Å²) in [7, 11) is 1.49. The van der Waals surface area contributed by atoms with Crippen LogP contribution in [-0.4, -0.2) is 36.5 Å². The molecule has 0 aliphatic heterocycles. The normalized spacial score (nSPS) is 11.0. The van der Waals surface area contributed by atoms with Gasteiger partial charge in [-0.15, -0.1) is 0 Å². The Labute approximate surface area is 135 Å². The second kappa shape index (κ2) is 7.73. The zero-order chi connectivity index (χ0) is 17.6. The molecule has 3 N–H and O–H groups in total. The smallest absolute Gasteiger partial charge is 0.335 e. The van der Waals surface area contributed by atoms with Crippen molar-refractivity contribution in [3.05, 3.63) is 29.3 Å². The van der Waals surface area contributed by atoms with Crippen molar-refractivity contribution in [3.63, 3.8) is 0 Å². The number of carbonyl (C=O) groups excluding carboxylic acids is 2. The maximum atomic E-state index is 11.9. The zero-order valence-corrected chi connectivity index (χ0v) is 13.7. The Morgan fingerprint density at radius 2 is 1.83 bits per heavy atom. The largest absolute Gasteiger partial charge is 0.478 e. The highest BCUT2D eigenvalue weighted by molar-refractivity contribution is 5.97. The van der Waals surface area contributed by atoms with Crippen LogP contribution in [-0.2, 0) is 20.9 Å². The van der Waals surface area contributed by atoms with Crippen LogP contribution < -0.4 is 10.6 Å². The van der Waals surface area contributed by atoms with Gasteiger partial charge in [0.1, 0.15) is 0 Å². The highest BCUT2D eigenvalue weighted by atomic mass is 16.5. The van der Waals surface area contributed by atoms with Gasteiger partial charge in [0.25, 0.3) is 0 Å². The van der Waals surface area contributed by atoms with Gasteiger partial charge >= 0.3 is 5.97 Å². The van der Waals surface area contributed by atoms with Crippen molar-refractivity contribution < 1.29 is 24.2 Å². The number of benzene rings is 1.